The highest BCUT2D eigenvalue weighted by atomic mass is 79.9. The first-order valence-corrected chi connectivity index (χ1v) is 4.49. The van der Waals surface area contributed by atoms with E-state index in [1.807, 2.05) is 6.07 Å². The molecule has 0 aliphatic heterocycles. The van der Waals surface area contributed by atoms with Gasteiger partial charge < -0.3 is 0 Å². The SMILES string of the molecule is O=Nc1cccc2nccc(Br)c12. The summed E-state index contributed by atoms with van der Waals surface area (Å²) < 4.78 is 0.840. The first-order valence-electron chi connectivity index (χ1n) is 3.69. The Bertz CT molecular complexity index is 465. The number of benzene rings is 1. The second kappa shape index (κ2) is 3.22. The van der Waals surface area contributed by atoms with Gasteiger partial charge in [0.15, 0.2) is 0 Å². The van der Waals surface area contributed by atoms with E-state index in [0.717, 1.165) is 15.4 Å². The third-order valence-corrected chi connectivity index (χ3v) is 2.45. The molecule has 0 unspecified atom stereocenters. The second-order valence-electron chi connectivity index (χ2n) is 2.56. The maximum Gasteiger partial charge on any atom is 0.118 e. The van der Waals surface area contributed by atoms with Crippen molar-refractivity contribution in [2.75, 3.05) is 0 Å². The van der Waals surface area contributed by atoms with Crippen LogP contribution < -0.4 is 0 Å². The predicted octanol–water partition coefficient (Wildman–Crippen LogP) is 3.40. The average Bonchev–Trinajstić information content (AvgIpc) is 2.17. The highest BCUT2D eigenvalue weighted by Crippen LogP contribution is 2.30. The molecule has 0 saturated heterocycles. The molecular weight excluding hydrogens is 232 g/mol. The third kappa shape index (κ3) is 1.33. The fourth-order valence-electron chi connectivity index (χ4n) is 1.22. The van der Waals surface area contributed by atoms with E-state index in [-0.39, 0.29) is 0 Å². The molecule has 0 fully saturated rings. The van der Waals surface area contributed by atoms with Crippen LogP contribution in [0.15, 0.2) is 40.1 Å². The summed E-state index contributed by atoms with van der Waals surface area (Å²) in [4.78, 5) is 14.6. The van der Waals surface area contributed by atoms with E-state index < -0.39 is 0 Å². The van der Waals surface area contributed by atoms with Gasteiger partial charge in [-0.1, -0.05) is 6.07 Å². The lowest BCUT2D eigenvalue weighted by Crippen LogP contribution is -1.79. The smallest absolute Gasteiger partial charge is 0.118 e. The fraction of sp³-hybridized carbons (Fsp3) is 0. The van der Waals surface area contributed by atoms with Gasteiger partial charge in [0.05, 0.1) is 5.52 Å². The van der Waals surface area contributed by atoms with Crippen LogP contribution in [0, 0.1) is 4.91 Å². The van der Waals surface area contributed by atoms with Crippen LogP contribution in [0.25, 0.3) is 10.9 Å². The largest absolute Gasteiger partial charge is 0.256 e. The molecule has 0 saturated carbocycles. The Morgan fingerprint density at radius 2 is 2.15 bits per heavy atom. The standard InChI is InChI=1S/C9H5BrN2O/c10-6-4-5-11-7-2-1-3-8(12-13)9(6)7/h1-5H. The minimum absolute atomic E-state index is 0.414. The predicted molar refractivity (Wildman–Crippen MR) is 54.9 cm³/mol. The number of nitroso groups, excluding NO2 is 1. The van der Waals surface area contributed by atoms with E-state index in [1.165, 1.54) is 0 Å². The minimum Gasteiger partial charge on any atom is -0.256 e. The minimum atomic E-state index is 0.414. The van der Waals surface area contributed by atoms with Crippen molar-refractivity contribution in [2.45, 2.75) is 0 Å². The molecule has 0 aliphatic rings. The van der Waals surface area contributed by atoms with Gasteiger partial charge in [-0.15, -0.1) is 4.91 Å². The van der Waals surface area contributed by atoms with Crippen molar-refractivity contribution in [3.63, 3.8) is 0 Å². The molecule has 13 heavy (non-hydrogen) atoms. The number of pyridine rings is 1. The molecule has 0 aliphatic carbocycles. The van der Waals surface area contributed by atoms with E-state index >= 15 is 0 Å². The zero-order valence-electron chi connectivity index (χ0n) is 6.57. The summed E-state index contributed by atoms with van der Waals surface area (Å²) in [5.41, 5.74) is 1.18. The summed E-state index contributed by atoms with van der Waals surface area (Å²) in [6, 6.07) is 7.06. The van der Waals surface area contributed by atoms with E-state index in [1.54, 1.807) is 24.4 Å². The quantitative estimate of drug-likeness (QED) is 0.713. The number of hydrogen-bond acceptors (Lipinski definition) is 3. The first kappa shape index (κ1) is 8.31. The molecule has 1 aromatic carbocycles. The molecule has 0 N–H and O–H groups in total. The molecule has 3 nitrogen and oxygen atoms in total. The van der Waals surface area contributed by atoms with Crippen molar-refractivity contribution < 1.29 is 0 Å². The Balaban J connectivity index is 2.94. The second-order valence-corrected chi connectivity index (χ2v) is 3.41. The Labute approximate surface area is 82.9 Å². The molecule has 0 amide bonds. The topological polar surface area (TPSA) is 42.3 Å². The molecule has 0 spiro atoms. The molecule has 1 heterocycles. The lowest BCUT2D eigenvalue weighted by Gasteiger charge is -2.00. The van der Waals surface area contributed by atoms with Crippen molar-refractivity contribution >= 4 is 32.5 Å². The molecule has 1 aromatic heterocycles. The normalized spacial score (nSPS) is 10.2. The maximum absolute atomic E-state index is 10.5. The van der Waals surface area contributed by atoms with Crippen LogP contribution >= 0.6 is 15.9 Å². The molecule has 4 heteroatoms. The van der Waals surface area contributed by atoms with Gasteiger partial charge in [-0.25, -0.2) is 0 Å². The Kier molecular flexibility index (Phi) is 2.06. The summed E-state index contributed by atoms with van der Waals surface area (Å²) in [7, 11) is 0. The molecule has 2 aromatic rings. The van der Waals surface area contributed by atoms with Crippen molar-refractivity contribution in [1.82, 2.24) is 4.98 Å². The summed E-state index contributed by atoms with van der Waals surface area (Å²) in [5, 5.41) is 3.70. The summed E-state index contributed by atoms with van der Waals surface area (Å²) in [5.74, 6) is 0. The van der Waals surface area contributed by atoms with Crippen LogP contribution in [0.5, 0.6) is 0 Å². The van der Waals surface area contributed by atoms with Gasteiger partial charge >= 0.3 is 0 Å². The Hall–Kier alpha value is -1.29. The maximum atomic E-state index is 10.5. The first-order chi connectivity index (χ1) is 6.33. The van der Waals surface area contributed by atoms with Gasteiger partial charge in [-0.2, -0.15) is 0 Å². The highest BCUT2D eigenvalue weighted by molar-refractivity contribution is 9.10. The number of rotatable bonds is 1. The number of nitrogens with zero attached hydrogens (tertiary/aromatic N) is 2. The van der Waals surface area contributed by atoms with Crippen molar-refractivity contribution in [3.8, 4) is 0 Å². The summed E-state index contributed by atoms with van der Waals surface area (Å²) >= 11 is 3.35. The molecule has 64 valence electrons. The van der Waals surface area contributed by atoms with Crippen molar-refractivity contribution in [1.29, 1.82) is 0 Å². The Morgan fingerprint density at radius 1 is 1.31 bits per heavy atom. The zero-order chi connectivity index (χ0) is 9.26. The number of halogens is 1. The fourth-order valence-corrected chi connectivity index (χ4v) is 1.75. The lowest BCUT2D eigenvalue weighted by atomic mass is 10.2. The van der Waals surface area contributed by atoms with Gasteiger partial charge in [-0.05, 0) is 39.3 Å². The van der Waals surface area contributed by atoms with E-state index in [9.17, 15) is 4.91 Å². The molecule has 0 atom stereocenters. The van der Waals surface area contributed by atoms with Gasteiger partial charge in [0.25, 0.3) is 0 Å². The van der Waals surface area contributed by atoms with Crippen LogP contribution in [-0.2, 0) is 0 Å². The number of aromatic nitrogens is 1. The van der Waals surface area contributed by atoms with Gasteiger partial charge in [0, 0.05) is 16.1 Å². The third-order valence-electron chi connectivity index (χ3n) is 1.79. The van der Waals surface area contributed by atoms with Crippen LogP contribution in [-0.4, -0.2) is 4.98 Å². The molecular formula is C9H5BrN2O. The van der Waals surface area contributed by atoms with Crippen molar-refractivity contribution in [2.24, 2.45) is 5.18 Å². The summed E-state index contributed by atoms with van der Waals surface area (Å²) in [6.07, 6.45) is 1.68. The number of hydrogen-bond donors (Lipinski definition) is 0. The Morgan fingerprint density at radius 3 is 2.92 bits per heavy atom. The molecule has 2 rings (SSSR count). The van der Waals surface area contributed by atoms with Crippen LogP contribution in [0.4, 0.5) is 5.69 Å². The van der Waals surface area contributed by atoms with Crippen LogP contribution in [0.2, 0.25) is 0 Å². The van der Waals surface area contributed by atoms with Gasteiger partial charge in [0.1, 0.15) is 5.69 Å². The molecule has 0 radical (unpaired) electrons. The van der Waals surface area contributed by atoms with Crippen molar-refractivity contribution in [3.05, 3.63) is 39.8 Å². The van der Waals surface area contributed by atoms with E-state index in [0.29, 0.717) is 5.69 Å². The van der Waals surface area contributed by atoms with Gasteiger partial charge in [0.2, 0.25) is 0 Å². The molecule has 0 bridgehead atoms. The van der Waals surface area contributed by atoms with Gasteiger partial charge in [-0.3, -0.25) is 4.98 Å². The van der Waals surface area contributed by atoms with Crippen LogP contribution in [0.3, 0.4) is 0 Å². The van der Waals surface area contributed by atoms with E-state index in [4.69, 9.17) is 0 Å². The highest BCUT2D eigenvalue weighted by Gasteiger charge is 2.04. The van der Waals surface area contributed by atoms with E-state index in [2.05, 4.69) is 26.1 Å². The number of fused-ring (bicyclic) bond motifs is 1. The zero-order valence-corrected chi connectivity index (χ0v) is 8.15. The summed E-state index contributed by atoms with van der Waals surface area (Å²) in [6.45, 7) is 0. The lowest BCUT2D eigenvalue weighted by molar-refractivity contribution is 1.39. The average molecular weight is 237 g/mol. The monoisotopic (exact) mass is 236 g/mol. The van der Waals surface area contributed by atoms with Crippen LogP contribution in [0.1, 0.15) is 0 Å².